The molecule has 3 atom stereocenters. The fraction of sp³-hybridized carbons (Fsp3) is 0.850. The van der Waals surface area contributed by atoms with Crippen LogP contribution in [0.5, 0.6) is 0 Å². The number of epoxide rings is 1. The minimum Gasteiger partial charge on any atom is -0.481 e. The fourth-order valence-corrected chi connectivity index (χ4v) is 3.35. The molecule has 5 heteroatoms. The lowest BCUT2D eigenvalue weighted by Gasteiger charge is -2.01. The lowest BCUT2D eigenvalue weighted by molar-refractivity contribution is -0.137. The average Bonchev–Trinajstić information content (AvgIpc) is 3.33. The highest BCUT2D eigenvalue weighted by Crippen LogP contribution is 2.34. The van der Waals surface area contributed by atoms with Gasteiger partial charge in [-0.15, -0.1) is 0 Å². The van der Waals surface area contributed by atoms with Gasteiger partial charge in [-0.2, -0.15) is 0 Å². The zero-order valence-electron chi connectivity index (χ0n) is 16.2. The Kier molecular flexibility index (Phi) is 16.8. The van der Waals surface area contributed by atoms with Gasteiger partial charge in [0, 0.05) is 20.6 Å². The number of carboxylic acid groups (broad SMARTS) is 1. The van der Waals surface area contributed by atoms with E-state index < -0.39 is 5.97 Å². The molecule has 1 heterocycles. The smallest absolute Gasteiger partial charge is 0.303 e. The first-order chi connectivity index (χ1) is 12.1. The van der Waals surface area contributed by atoms with Crippen LogP contribution in [0.1, 0.15) is 77.6 Å². The summed E-state index contributed by atoms with van der Waals surface area (Å²) in [5.41, 5.74) is 0. The van der Waals surface area contributed by atoms with Crippen LogP contribution < -0.4 is 0 Å². The third-order valence-electron chi connectivity index (χ3n) is 4.11. The predicted octanol–water partition coefficient (Wildman–Crippen LogP) is 5.73. The summed E-state index contributed by atoms with van der Waals surface area (Å²) >= 11 is 3.70. The van der Waals surface area contributed by atoms with Crippen LogP contribution in [0, 0.1) is 0 Å². The molecule has 0 aromatic rings. The van der Waals surface area contributed by atoms with Gasteiger partial charge in [-0.25, -0.2) is 0 Å². The second-order valence-electron chi connectivity index (χ2n) is 6.62. The summed E-state index contributed by atoms with van der Waals surface area (Å²) in [6, 6.07) is 0. The van der Waals surface area contributed by atoms with Gasteiger partial charge in [-0.1, -0.05) is 73.5 Å². The van der Waals surface area contributed by atoms with Gasteiger partial charge >= 0.3 is 5.97 Å². The van der Waals surface area contributed by atoms with E-state index in [1.807, 2.05) is 0 Å². The molecule has 0 amide bonds. The molecule has 0 radical (unpaired) electrons. The summed E-state index contributed by atoms with van der Waals surface area (Å²) in [5, 5.41) is 8.54. The van der Waals surface area contributed by atoms with E-state index >= 15 is 0 Å². The molecule has 1 rings (SSSR count). The van der Waals surface area contributed by atoms with Crippen molar-refractivity contribution in [1.29, 1.82) is 0 Å². The third kappa shape index (κ3) is 15.6. The molecule has 1 aliphatic heterocycles. The van der Waals surface area contributed by atoms with Crippen molar-refractivity contribution in [2.75, 3.05) is 14.2 Å². The van der Waals surface area contributed by atoms with Crippen LogP contribution in [-0.4, -0.2) is 42.3 Å². The van der Waals surface area contributed by atoms with E-state index in [-0.39, 0.29) is 0 Å². The second kappa shape index (κ2) is 17.0. The summed E-state index contributed by atoms with van der Waals surface area (Å²) in [6.07, 6.45) is 17.2. The summed E-state index contributed by atoms with van der Waals surface area (Å²) in [5.74, 6) is -0.679. The number of rotatable bonds is 14. The van der Waals surface area contributed by atoms with E-state index in [1.165, 1.54) is 38.5 Å². The van der Waals surface area contributed by atoms with Crippen molar-refractivity contribution in [3.05, 3.63) is 12.2 Å². The molecule has 0 saturated carbocycles. The maximum Gasteiger partial charge on any atom is 0.303 e. The fourth-order valence-electron chi connectivity index (χ4n) is 2.67. The SMILES string of the molecule is CCCCCC1OC1C(Br)C=CCCCCCCCC(=O)O.COC. The highest BCUT2D eigenvalue weighted by molar-refractivity contribution is 9.09. The molecule has 4 nitrogen and oxygen atoms in total. The summed E-state index contributed by atoms with van der Waals surface area (Å²) in [7, 11) is 3.25. The van der Waals surface area contributed by atoms with Gasteiger partial charge in [0.15, 0.2) is 0 Å². The van der Waals surface area contributed by atoms with Gasteiger partial charge in [0.2, 0.25) is 0 Å². The molecule has 3 unspecified atom stereocenters. The van der Waals surface area contributed by atoms with Crippen LogP contribution in [0.15, 0.2) is 12.2 Å². The van der Waals surface area contributed by atoms with E-state index in [0.29, 0.717) is 23.5 Å². The van der Waals surface area contributed by atoms with Gasteiger partial charge in [0.1, 0.15) is 6.10 Å². The highest BCUT2D eigenvalue weighted by Gasteiger charge is 2.41. The van der Waals surface area contributed by atoms with E-state index in [9.17, 15) is 4.79 Å². The summed E-state index contributed by atoms with van der Waals surface area (Å²) < 4.78 is 9.97. The number of halogens is 1. The molecule has 0 aliphatic carbocycles. The molecule has 0 aromatic carbocycles. The van der Waals surface area contributed by atoms with Crippen molar-refractivity contribution in [2.45, 2.75) is 94.6 Å². The van der Waals surface area contributed by atoms with Crippen LogP contribution in [0.2, 0.25) is 0 Å². The number of methoxy groups -OCH3 is 1. The van der Waals surface area contributed by atoms with Crippen molar-refractivity contribution in [1.82, 2.24) is 0 Å². The van der Waals surface area contributed by atoms with Crippen molar-refractivity contribution in [2.24, 2.45) is 0 Å². The number of unbranched alkanes of at least 4 members (excludes halogenated alkanes) is 7. The topological polar surface area (TPSA) is 59.1 Å². The van der Waals surface area contributed by atoms with Gasteiger partial charge in [-0.3, -0.25) is 4.79 Å². The molecule has 1 saturated heterocycles. The Hall–Kier alpha value is -0.390. The predicted molar refractivity (Wildman–Crippen MR) is 108 cm³/mol. The Labute approximate surface area is 162 Å². The van der Waals surface area contributed by atoms with Crippen molar-refractivity contribution >= 4 is 21.9 Å². The van der Waals surface area contributed by atoms with Crippen molar-refractivity contribution in [3.63, 3.8) is 0 Å². The van der Waals surface area contributed by atoms with Gasteiger partial charge in [0.25, 0.3) is 0 Å². The standard InChI is InChI=1S/C18H31BrO3.C2H6O/c1-2-3-9-13-16-18(22-16)15(19)12-10-7-5-4-6-8-11-14-17(20)21;1-3-2/h10,12,15-16,18H,2-9,11,13-14H2,1H3,(H,20,21);1-2H3. The largest absolute Gasteiger partial charge is 0.481 e. The lowest BCUT2D eigenvalue weighted by atomic mass is 10.1. The average molecular weight is 421 g/mol. The van der Waals surface area contributed by atoms with E-state index in [0.717, 1.165) is 25.7 Å². The van der Waals surface area contributed by atoms with Gasteiger partial charge in [-0.05, 0) is 25.7 Å². The molecule has 0 spiro atoms. The van der Waals surface area contributed by atoms with Crippen molar-refractivity contribution in [3.8, 4) is 0 Å². The van der Waals surface area contributed by atoms with Crippen LogP contribution in [-0.2, 0) is 14.3 Å². The second-order valence-corrected chi connectivity index (χ2v) is 7.67. The molecule has 1 aliphatic rings. The zero-order valence-corrected chi connectivity index (χ0v) is 17.8. The summed E-state index contributed by atoms with van der Waals surface area (Å²) in [6.45, 7) is 2.23. The molecule has 148 valence electrons. The molecule has 1 N–H and O–H groups in total. The number of hydrogen-bond acceptors (Lipinski definition) is 3. The van der Waals surface area contributed by atoms with Crippen LogP contribution in [0.25, 0.3) is 0 Å². The van der Waals surface area contributed by atoms with Gasteiger partial charge < -0.3 is 14.6 Å². The first-order valence-corrected chi connectivity index (χ1v) is 10.6. The third-order valence-corrected chi connectivity index (χ3v) is 4.94. The molecular weight excluding hydrogens is 384 g/mol. The number of carbonyl (C=O) groups is 1. The zero-order chi connectivity index (χ0) is 18.9. The van der Waals surface area contributed by atoms with E-state index in [2.05, 4.69) is 39.7 Å². The maximum atomic E-state index is 10.4. The van der Waals surface area contributed by atoms with Crippen LogP contribution in [0.4, 0.5) is 0 Å². The Balaban J connectivity index is 0.00000178. The monoisotopic (exact) mass is 420 g/mol. The number of carboxylic acids is 1. The lowest BCUT2D eigenvalue weighted by Crippen LogP contribution is -2.06. The number of ether oxygens (including phenoxy) is 2. The Morgan fingerprint density at radius 3 is 2.44 bits per heavy atom. The van der Waals surface area contributed by atoms with Crippen LogP contribution >= 0.6 is 15.9 Å². The summed E-state index contributed by atoms with van der Waals surface area (Å²) in [4.78, 5) is 10.7. The molecule has 0 bridgehead atoms. The Morgan fingerprint density at radius 1 is 1.16 bits per heavy atom. The molecule has 0 aromatic heterocycles. The van der Waals surface area contributed by atoms with E-state index in [1.54, 1.807) is 14.2 Å². The maximum absolute atomic E-state index is 10.4. The molecule has 25 heavy (non-hydrogen) atoms. The molecule has 1 fully saturated rings. The Bertz CT molecular complexity index is 347. The molecular formula is C20H37BrO4. The number of hydrogen-bond donors (Lipinski definition) is 1. The number of aliphatic carboxylic acids is 1. The first kappa shape index (κ1) is 24.6. The minimum atomic E-state index is -0.679. The number of alkyl halides is 1. The number of allylic oxidation sites excluding steroid dienone is 1. The normalized spacial score (nSPS) is 20.2. The Morgan fingerprint density at radius 2 is 1.80 bits per heavy atom. The van der Waals surface area contributed by atoms with Crippen molar-refractivity contribution < 1.29 is 19.4 Å². The van der Waals surface area contributed by atoms with Gasteiger partial charge in [0.05, 0.1) is 10.9 Å². The first-order valence-electron chi connectivity index (χ1n) is 9.64. The van der Waals surface area contributed by atoms with E-state index in [4.69, 9.17) is 9.84 Å². The van der Waals surface area contributed by atoms with Crippen LogP contribution in [0.3, 0.4) is 0 Å². The quantitative estimate of drug-likeness (QED) is 0.168. The minimum absolute atomic E-state index is 0.311. The highest BCUT2D eigenvalue weighted by atomic mass is 79.9.